The summed E-state index contributed by atoms with van der Waals surface area (Å²) in [5.41, 5.74) is 0.967. The largest absolute Gasteiger partial charge is 0.339 e. The molecule has 128 valence electrons. The van der Waals surface area contributed by atoms with Crippen molar-refractivity contribution in [1.29, 1.82) is 0 Å². The Bertz CT molecular complexity index is 789. The van der Waals surface area contributed by atoms with Gasteiger partial charge in [-0.1, -0.05) is 11.6 Å². The molecule has 0 spiro atoms. The lowest BCUT2D eigenvalue weighted by Gasteiger charge is -2.20. The van der Waals surface area contributed by atoms with E-state index in [1.807, 2.05) is 20.8 Å². The van der Waals surface area contributed by atoms with E-state index in [2.05, 4.69) is 5.32 Å². The molecular formula is C17H18ClFN2O2S. The minimum Gasteiger partial charge on any atom is -0.339 e. The van der Waals surface area contributed by atoms with Gasteiger partial charge in [0.15, 0.2) is 0 Å². The zero-order chi connectivity index (χ0) is 18.0. The van der Waals surface area contributed by atoms with E-state index in [9.17, 15) is 14.0 Å². The van der Waals surface area contributed by atoms with Crippen molar-refractivity contribution in [2.75, 3.05) is 12.4 Å². The van der Waals surface area contributed by atoms with Gasteiger partial charge in [-0.2, -0.15) is 0 Å². The molecule has 1 heterocycles. The van der Waals surface area contributed by atoms with Crippen molar-refractivity contribution >= 4 is 39.8 Å². The van der Waals surface area contributed by atoms with E-state index in [4.69, 9.17) is 11.6 Å². The first kappa shape index (κ1) is 18.4. The third-order valence-corrected chi connectivity index (χ3v) is 5.07. The summed E-state index contributed by atoms with van der Waals surface area (Å²) in [7, 11) is 1.74. The van der Waals surface area contributed by atoms with E-state index in [0.717, 1.165) is 11.6 Å². The highest BCUT2D eigenvalue weighted by molar-refractivity contribution is 7.18. The second-order valence-electron chi connectivity index (χ2n) is 5.71. The number of carbonyl (C=O) groups is 2. The first-order chi connectivity index (χ1) is 11.2. The predicted octanol–water partition coefficient (Wildman–Crippen LogP) is 4.58. The SMILES string of the molecule is Cc1cc(NC(=O)c2ccc(F)cc2Cl)sc1C(=O)N(C)C(C)C. The topological polar surface area (TPSA) is 49.4 Å². The van der Waals surface area contributed by atoms with Gasteiger partial charge in [-0.3, -0.25) is 9.59 Å². The molecule has 0 aliphatic heterocycles. The molecular weight excluding hydrogens is 351 g/mol. The van der Waals surface area contributed by atoms with E-state index >= 15 is 0 Å². The van der Waals surface area contributed by atoms with Crippen LogP contribution in [0.25, 0.3) is 0 Å². The fourth-order valence-corrected chi connectivity index (χ4v) is 3.31. The Morgan fingerprint density at radius 3 is 2.54 bits per heavy atom. The minimum atomic E-state index is -0.506. The average molecular weight is 369 g/mol. The highest BCUT2D eigenvalue weighted by atomic mass is 35.5. The summed E-state index contributed by atoms with van der Waals surface area (Å²) in [4.78, 5) is 26.9. The number of hydrogen-bond donors (Lipinski definition) is 1. The fourth-order valence-electron chi connectivity index (χ4n) is 2.00. The predicted molar refractivity (Wildman–Crippen MR) is 95.6 cm³/mol. The quantitative estimate of drug-likeness (QED) is 0.858. The van der Waals surface area contributed by atoms with Crippen LogP contribution in [0.1, 0.15) is 39.4 Å². The number of hydrogen-bond acceptors (Lipinski definition) is 3. The van der Waals surface area contributed by atoms with Crippen LogP contribution >= 0.6 is 22.9 Å². The molecule has 0 unspecified atom stereocenters. The van der Waals surface area contributed by atoms with Crippen molar-refractivity contribution in [3.05, 3.63) is 51.1 Å². The first-order valence-corrected chi connectivity index (χ1v) is 8.54. The van der Waals surface area contributed by atoms with Crippen LogP contribution in [0.3, 0.4) is 0 Å². The van der Waals surface area contributed by atoms with E-state index in [0.29, 0.717) is 9.88 Å². The van der Waals surface area contributed by atoms with Crippen LogP contribution in [-0.4, -0.2) is 29.8 Å². The average Bonchev–Trinajstić information content (AvgIpc) is 2.85. The lowest BCUT2D eigenvalue weighted by atomic mass is 10.2. The molecule has 2 amide bonds. The standard InChI is InChI=1S/C17H18ClFN2O2S/c1-9(2)21(4)17(23)15-10(3)7-14(24-15)20-16(22)12-6-5-11(19)8-13(12)18/h5-9H,1-4H3,(H,20,22). The van der Waals surface area contributed by atoms with Gasteiger partial charge >= 0.3 is 0 Å². The van der Waals surface area contributed by atoms with Gasteiger partial charge in [0.25, 0.3) is 11.8 Å². The third kappa shape index (κ3) is 3.94. The molecule has 0 saturated heterocycles. The van der Waals surface area contributed by atoms with Gasteiger partial charge in [-0.15, -0.1) is 11.3 Å². The highest BCUT2D eigenvalue weighted by Crippen LogP contribution is 2.29. The Labute approximate surface area is 149 Å². The molecule has 0 bridgehead atoms. The maximum absolute atomic E-state index is 13.1. The zero-order valence-corrected chi connectivity index (χ0v) is 15.4. The number of nitrogens with zero attached hydrogens (tertiary/aromatic N) is 1. The van der Waals surface area contributed by atoms with E-state index in [1.54, 1.807) is 18.0 Å². The monoisotopic (exact) mass is 368 g/mol. The summed E-state index contributed by atoms with van der Waals surface area (Å²) in [6.07, 6.45) is 0. The number of aryl methyl sites for hydroxylation is 1. The third-order valence-electron chi connectivity index (χ3n) is 3.62. The fraction of sp³-hybridized carbons (Fsp3) is 0.294. The van der Waals surface area contributed by atoms with Crippen LogP contribution in [-0.2, 0) is 0 Å². The Kier molecular flexibility index (Phi) is 5.62. The summed E-state index contributed by atoms with van der Waals surface area (Å²) in [5, 5.41) is 3.28. The summed E-state index contributed by atoms with van der Waals surface area (Å²) in [6.45, 7) is 5.68. The van der Waals surface area contributed by atoms with Gasteiger partial charge in [0.1, 0.15) is 5.82 Å². The van der Waals surface area contributed by atoms with Crippen LogP contribution in [0.5, 0.6) is 0 Å². The van der Waals surface area contributed by atoms with Gasteiger partial charge in [0.2, 0.25) is 0 Å². The number of anilines is 1. The molecule has 7 heteroatoms. The number of thiophene rings is 1. The molecule has 0 atom stereocenters. The van der Waals surface area contributed by atoms with Gasteiger partial charge in [-0.25, -0.2) is 4.39 Å². The maximum atomic E-state index is 13.1. The van der Waals surface area contributed by atoms with Crippen LogP contribution < -0.4 is 5.32 Å². The summed E-state index contributed by atoms with van der Waals surface area (Å²) >= 11 is 7.10. The molecule has 0 aliphatic carbocycles. The minimum absolute atomic E-state index is 0.0385. The van der Waals surface area contributed by atoms with Crippen molar-refractivity contribution in [3.63, 3.8) is 0 Å². The molecule has 0 radical (unpaired) electrons. The van der Waals surface area contributed by atoms with E-state index in [-0.39, 0.29) is 22.5 Å². The van der Waals surface area contributed by atoms with Crippen LogP contribution in [0.15, 0.2) is 24.3 Å². The molecule has 2 rings (SSSR count). The molecule has 1 N–H and O–H groups in total. The number of rotatable bonds is 4. The number of carbonyl (C=O) groups excluding carboxylic acids is 2. The Morgan fingerprint density at radius 2 is 1.96 bits per heavy atom. The van der Waals surface area contributed by atoms with Crippen molar-refractivity contribution in [3.8, 4) is 0 Å². The second kappa shape index (κ2) is 7.32. The number of benzene rings is 1. The van der Waals surface area contributed by atoms with E-state index in [1.165, 1.54) is 23.5 Å². The second-order valence-corrected chi connectivity index (χ2v) is 7.17. The van der Waals surface area contributed by atoms with Crippen molar-refractivity contribution in [2.45, 2.75) is 26.8 Å². The van der Waals surface area contributed by atoms with Crippen molar-refractivity contribution in [1.82, 2.24) is 4.90 Å². The number of halogens is 2. The molecule has 0 saturated carbocycles. The van der Waals surface area contributed by atoms with Gasteiger partial charge in [-0.05, 0) is 50.6 Å². The number of amides is 2. The molecule has 4 nitrogen and oxygen atoms in total. The maximum Gasteiger partial charge on any atom is 0.264 e. The molecule has 2 aromatic rings. The Balaban J connectivity index is 2.21. The van der Waals surface area contributed by atoms with Crippen LogP contribution in [0.2, 0.25) is 5.02 Å². The normalized spacial score (nSPS) is 10.8. The lowest BCUT2D eigenvalue weighted by molar-refractivity contribution is 0.0759. The van der Waals surface area contributed by atoms with Gasteiger partial charge in [0, 0.05) is 13.1 Å². The highest BCUT2D eigenvalue weighted by Gasteiger charge is 2.20. The Hall–Kier alpha value is -1.92. The molecule has 1 aromatic heterocycles. The van der Waals surface area contributed by atoms with Crippen molar-refractivity contribution in [2.24, 2.45) is 0 Å². The zero-order valence-electron chi connectivity index (χ0n) is 13.8. The van der Waals surface area contributed by atoms with Gasteiger partial charge < -0.3 is 10.2 Å². The molecule has 0 aliphatic rings. The van der Waals surface area contributed by atoms with Crippen molar-refractivity contribution < 1.29 is 14.0 Å². The smallest absolute Gasteiger partial charge is 0.264 e. The number of nitrogens with one attached hydrogen (secondary N) is 1. The van der Waals surface area contributed by atoms with Gasteiger partial charge in [0.05, 0.1) is 20.5 Å². The van der Waals surface area contributed by atoms with E-state index < -0.39 is 11.7 Å². The van der Waals surface area contributed by atoms with Crippen LogP contribution in [0, 0.1) is 12.7 Å². The summed E-state index contributed by atoms with van der Waals surface area (Å²) in [5.74, 6) is -1.04. The summed E-state index contributed by atoms with van der Waals surface area (Å²) in [6, 6.07) is 5.40. The first-order valence-electron chi connectivity index (χ1n) is 7.34. The summed E-state index contributed by atoms with van der Waals surface area (Å²) < 4.78 is 13.1. The molecule has 24 heavy (non-hydrogen) atoms. The lowest BCUT2D eigenvalue weighted by Crippen LogP contribution is -2.32. The molecule has 0 fully saturated rings. The van der Waals surface area contributed by atoms with Crippen LogP contribution in [0.4, 0.5) is 9.39 Å². The Morgan fingerprint density at radius 1 is 1.29 bits per heavy atom. The molecule has 1 aromatic carbocycles.